The molecule has 1 heterocycles. The van der Waals surface area contributed by atoms with Crippen LogP contribution < -0.4 is 4.18 Å². The summed E-state index contributed by atoms with van der Waals surface area (Å²) < 4.78 is 41.3. The quantitative estimate of drug-likeness (QED) is 0.800. The maximum absolute atomic E-state index is 12.7. The van der Waals surface area contributed by atoms with Gasteiger partial charge in [-0.05, 0) is 36.4 Å². The smallest absolute Gasteiger partial charge is 0.339 e. The Morgan fingerprint density at radius 2 is 1.89 bits per heavy atom. The molecule has 2 aromatic rings. The lowest BCUT2D eigenvalue weighted by Gasteiger charge is -2.07. The zero-order valence-corrected chi connectivity index (χ0v) is 10.3. The standard InChI is InChI=1S/C12H7FN2O3S/c13-9-3-5-10(6-4-9)19(16,17)18-12-2-1-7-15-11(12)8-14/h1-7H. The van der Waals surface area contributed by atoms with E-state index in [1.807, 2.05) is 0 Å². The number of rotatable bonds is 3. The van der Waals surface area contributed by atoms with Crippen molar-refractivity contribution in [1.29, 1.82) is 5.26 Å². The molecule has 0 saturated carbocycles. The molecule has 0 radical (unpaired) electrons. The molecule has 0 aliphatic rings. The summed E-state index contributed by atoms with van der Waals surface area (Å²) in [7, 11) is -4.12. The van der Waals surface area contributed by atoms with Gasteiger partial charge in [-0.25, -0.2) is 9.37 Å². The Kier molecular flexibility index (Phi) is 3.44. The van der Waals surface area contributed by atoms with Crippen LogP contribution in [-0.4, -0.2) is 13.4 Å². The Morgan fingerprint density at radius 1 is 1.21 bits per heavy atom. The Balaban J connectivity index is 2.37. The summed E-state index contributed by atoms with van der Waals surface area (Å²) in [5.74, 6) is -0.729. The van der Waals surface area contributed by atoms with Crippen LogP contribution in [0.3, 0.4) is 0 Å². The van der Waals surface area contributed by atoms with E-state index in [2.05, 4.69) is 4.98 Å². The number of nitriles is 1. The monoisotopic (exact) mass is 278 g/mol. The van der Waals surface area contributed by atoms with Crippen molar-refractivity contribution < 1.29 is 17.0 Å². The minimum atomic E-state index is -4.12. The number of nitrogens with zero attached hydrogens (tertiary/aromatic N) is 2. The molecular formula is C12H7FN2O3S. The van der Waals surface area contributed by atoms with Crippen LogP contribution in [0.15, 0.2) is 47.5 Å². The van der Waals surface area contributed by atoms with E-state index in [9.17, 15) is 12.8 Å². The van der Waals surface area contributed by atoms with Gasteiger partial charge in [-0.2, -0.15) is 13.7 Å². The first-order chi connectivity index (χ1) is 9.03. The zero-order chi connectivity index (χ0) is 13.9. The summed E-state index contributed by atoms with van der Waals surface area (Å²) in [5, 5.41) is 8.79. The lowest BCUT2D eigenvalue weighted by Crippen LogP contribution is -2.11. The molecule has 2 rings (SSSR count). The molecule has 0 aliphatic carbocycles. The summed E-state index contributed by atoms with van der Waals surface area (Å²) in [6.07, 6.45) is 1.34. The Bertz CT molecular complexity index is 736. The van der Waals surface area contributed by atoms with Gasteiger partial charge in [-0.15, -0.1) is 0 Å². The molecule has 0 amide bonds. The fraction of sp³-hybridized carbons (Fsp3) is 0. The lowest BCUT2D eigenvalue weighted by atomic mass is 10.3. The third-order valence-electron chi connectivity index (χ3n) is 2.18. The van der Waals surface area contributed by atoms with Crippen LogP contribution in [-0.2, 0) is 10.1 Å². The summed E-state index contributed by atoms with van der Waals surface area (Å²) >= 11 is 0. The average Bonchev–Trinajstić information content (AvgIpc) is 2.39. The van der Waals surface area contributed by atoms with Crippen LogP contribution in [0.25, 0.3) is 0 Å². The highest BCUT2D eigenvalue weighted by Crippen LogP contribution is 2.20. The van der Waals surface area contributed by atoms with Crippen molar-refractivity contribution in [2.75, 3.05) is 0 Å². The SMILES string of the molecule is N#Cc1ncccc1OS(=O)(=O)c1ccc(F)cc1. The van der Waals surface area contributed by atoms with Crippen LogP contribution in [0, 0.1) is 17.1 Å². The molecular weight excluding hydrogens is 271 g/mol. The fourth-order valence-electron chi connectivity index (χ4n) is 1.31. The molecule has 0 atom stereocenters. The minimum absolute atomic E-state index is 0.145. The van der Waals surface area contributed by atoms with E-state index < -0.39 is 15.9 Å². The average molecular weight is 278 g/mol. The van der Waals surface area contributed by atoms with Crippen LogP contribution >= 0.6 is 0 Å². The minimum Gasteiger partial charge on any atom is -0.376 e. The molecule has 0 spiro atoms. The van der Waals surface area contributed by atoms with Crippen molar-refractivity contribution >= 4 is 10.1 Å². The van der Waals surface area contributed by atoms with Gasteiger partial charge < -0.3 is 4.18 Å². The van der Waals surface area contributed by atoms with Crippen molar-refractivity contribution in [2.45, 2.75) is 4.90 Å². The van der Waals surface area contributed by atoms with E-state index in [1.165, 1.54) is 18.3 Å². The summed E-state index contributed by atoms with van der Waals surface area (Å²) in [5.41, 5.74) is -0.145. The van der Waals surface area contributed by atoms with E-state index in [4.69, 9.17) is 9.44 Å². The second-order valence-electron chi connectivity index (χ2n) is 3.45. The van der Waals surface area contributed by atoms with Gasteiger partial charge >= 0.3 is 10.1 Å². The van der Waals surface area contributed by atoms with Crippen molar-refractivity contribution in [3.63, 3.8) is 0 Å². The second-order valence-corrected chi connectivity index (χ2v) is 5.00. The molecule has 19 heavy (non-hydrogen) atoms. The fourth-order valence-corrected chi connectivity index (χ4v) is 2.25. The highest BCUT2D eigenvalue weighted by Gasteiger charge is 2.18. The molecule has 0 aliphatic heterocycles. The maximum atomic E-state index is 12.7. The van der Waals surface area contributed by atoms with Gasteiger partial charge in [0.2, 0.25) is 0 Å². The molecule has 0 unspecified atom stereocenters. The number of hydrogen-bond donors (Lipinski definition) is 0. The molecule has 5 nitrogen and oxygen atoms in total. The van der Waals surface area contributed by atoms with Gasteiger partial charge in [0.05, 0.1) is 0 Å². The topological polar surface area (TPSA) is 80.0 Å². The van der Waals surface area contributed by atoms with Crippen molar-refractivity contribution in [2.24, 2.45) is 0 Å². The third-order valence-corrected chi connectivity index (χ3v) is 3.43. The summed E-state index contributed by atoms with van der Waals surface area (Å²) in [4.78, 5) is 3.47. The van der Waals surface area contributed by atoms with Crippen LogP contribution in [0.1, 0.15) is 5.69 Å². The van der Waals surface area contributed by atoms with Gasteiger partial charge in [0.1, 0.15) is 16.8 Å². The predicted molar refractivity (Wildman–Crippen MR) is 63.2 cm³/mol. The van der Waals surface area contributed by atoms with E-state index in [0.717, 1.165) is 24.3 Å². The van der Waals surface area contributed by atoms with Crippen molar-refractivity contribution in [3.8, 4) is 11.8 Å². The lowest BCUT2D eigenvalue weighted by molar-refractivity contribution is 0.483. The summed E-state index contributed by atoms with van der Waals surface area (Å²) in [6.45, 7) is 0. The Labute approximate surface area is 109 Å². The molecule has 1 aromatic carbocycles. The van der Waals surface area contributed by atoms with Crippen molar-refractivity contribution in [1.82, 2.24) is 4.98 Å². The van der Waals surface area contributed by atoms with Crippen LogP contribution in [0.5, 0.6) is 5.75 Å². The van der Waals surface area contributed by atoms with Crippen LogP contribution in [0.2, 0.25) is 0 Å². The van der Waals surface area contributed by atoms with E-state index in [1.54, 1.807) is 6.07 Å². The number of aromatic nitrogens is 1. The second kappa shape index (κ2) is 5.04. The Morgan fingerprint density at radius 3 is 2.53 bits per heavy atom. The maximum Gasteiger partial charge on any atom is 0.339 e. The molecule has 0 N–H and O–H groups in total. The normalized spacial score (nSPS) is 10.7. The van der Waals surface area contributed by atoms with E-state index in [0.29, 0.717) is 0 Å². The van der Waals surface area contributed by atoms with Gasteiger partial charge in [0.25, 0.3) is 0 Å². The first-order valence-corrected chi connectivity index (χ1v) is 6.49. The highest BCUT2D eigenvalue weighted by molar-refractivity contribution is 7.87. The summed E-state index contributed by atoms with van der Waals surface area (Å²) in [6, 6.07) is 8.63. The first-order valence-electron chi connectivity index (χ1n) is 5.08. The van der Waals surface area contributed by atoms with E-state index >= 15 is 0 Å². The van der Waals surface area contributed by atoms with Crippen molar-refractivity contribution in [3.05, 3.63) is 54.1 Å². The Hall–Kier alpha value is -2.46. The van der Waals surface area contributed by atoms with E-state index in [-0.39, 0.29) is 16.3 Å². The molecule has 0 saturated heterocycles. The van der Waals surface area contributed by atoms with Gasteiger partial charge in [0.15, 0.2) is 11.4 Å². The van der Waals surface area contributed by atoms with Crippen LogP contribution in [0.4, 0.5) is 4.39 Å². The molecule has 7 heteroatoms. The molecule has 96 valence electrons. The number of hydrogen-bond acceptors (Lipinski definition) is 5. The number of pyridine rings is 1. The zero-order valence-electron chi connectivity index (χ0n) is 9.45. The molecule has 0 fully saturated rings. The van der Waals surface area contributed by atoms with Gasteiger partial charge in [0, 0.05) is 6.20 Å². The first kappa shape index (κ1) is 13.0. The molecule has 0 bridgehead atoms. The third kappa shape index (κ3) is 2.86. The predicted octanol–water partition coefficient (Wildman–Crippen LogP) is 1.86. The largest absolute Gasteiger partial charge is 0.376 e. The van der Waals surface area contributed by atoms with Gasteiger partial charge in [-0.3, -0.25) is 0 Å². The van der Waals surface area contributed by atoms with Gasteiger partial charge in [-0.1, -0.05) is 0 Å². The number of benzene rings is 1. The number of halogens is 1. The molecule has 1 aromatic heterocycles. The highest BCUT2D eigenvalue weighted by atomic mass is 32.2.